The third kappa shape index (κ3) is 3.91. The van der Waals surface area contributed by atoms with E-state index in [1.807, 2.05) is 18.8 Å². The summed E-state index contributed by atoms with van der Waals surface area (Å²) in [5, 5.41) is 0. The van der Waals surface area contributed by atoms with E-state index in [1.165, 1.54) is 0 Å². The summed E-state index contributed by atoms with van der Waals surface area (Å²) in [6, 6.07) is 0. The molecule has 1 unspecified atom stereocenters. The first-order valence-electron chi connectivity index (χ1n) is 1.90. The summed E-state index contributed by atoms with van der Waals surface area (Å²) < 4.78 is 0. The highest BCUT2D eigenvalue weighted by molar-refractivity contribution is 7.45. The molecule has 0 aliphatic rings. The van der Waals surface area contributed by atoms with Gasteiger partial charge in [-0.2, -0.15) is 0 Å². The van der Waals surface area contributed by atoms with Crippen LogP contribution in [0.15, 0.2) is 24.3 Å². The quantitative estimate of drug-likeness (QED) is 0.467. The van der Waals surface area contributed by atoms with E-state index >= 15 is 0 Å². The molecule has 0 saturated carbocycles. The minimum Gasteiger partial charge on any atom is -0.0985 e. The first-order valence-corrected chi connectivity index (χ1v) is 3.05. The number of hydrogen-bond donors (Lipinski definition) is 0. The minimum absolute atomic E-state index is 0.798. The largest absolute Gasteiger partial charge is 0.0985 e. The lowest BCUT2D eigenvalue weighted by Crippen LogP contribution is -1.30. The van der Waals surface area contributed by atoms with Crippen molar-refractivity contribution in [2.24, 2.45) is 0 Å². The van der Waals surface area contributed by atoms with Gasteiger partial charge in [-0.15, -0.1) is 0 Å². The van der Waals surface area contributed by atoms with E-state index in [9.17, 15) is 0 Å². The topological polar surface area (TPSA) is 0 Å². The molecule has 0 heterocycles. The van der Waals surface area contributed by atoms with Gasteiger partial charge in [0.2, 0.25) is 0 Å². The van der Waals surface area contributed by atoms with Crippen molar-refractivity contribution in [1.82, 2.24) is 0 Å². The average Bonchev–Trinajstić information content (AvgIpc) is 1.61. The highest BCUT2D eigenvalue weighted by Crippen LogP contribution is 2.09. The van der Waals surface area contributed by atoms with Crippen LogP contribution in [0.25, 0.3) is 0 Å². The van der Waals surface area contributed by atoms with Crippen molar-refractivity contribution in [1.29, 1.82) is 0 Å². The van der Waals surface area contributed by atoms with E-state index in [1.54, 1.807) is 0 Å². The van der Waals surface area contributed by atoms with Crippen LogP contribution in [0, 0.1) is 0 Å². The zero-order valence-corrected chi connectivity index (χ0v) is 4.94. The van der Waals surface area contributed by atoms with Crippen LogP contribution in [-0.2, 0) is 0 Å². The van der Waals surface area contributed by atoms with Gasteiger partial charge in [-0.1, -0.05) is 32.9 Å². The highest BCUT2D eigenvalue weighted by atomic mass is 31.1. The van der Waals surface area contributed by atoms with Gasteiger partial charge in [-0.25, -0.2) is 0 Å². The molecule has 0 radical (unpaired) electrons. The normalized spacial score (nSPS) is 11.5. The molecule has 0 amide bonds. The molecule has 0 aliphatic heterocycles. The molecule has 0 aromatic carbocycles. The van der Waals surface area contributed by atoms with Crippen molar-refractivity contribution in [3.63, 3.8) is 0 Å². The molecule has 0 aromatic rings. The van der Waals surface area contributed by atoms with Crippen molar-refractivity contribution < 1.29 is 0 Å². The van der Waals surface area contributed by atoms with Gasteiger partial charge in [0.1, 0.15) is 0 Å². The van der Waals surface area contributed by atoms with Crippen molar-refractivity contribution in [2.45, 2.75) is 6.92 Å². The summed E-state index contributed by atoms with van der Waals surface area (Å²) in [5.74, 6) is 3.99. The van der Waals surface area contributed by atoms with Crippen LogP contribution >= 0.6 is 8.58 Å². The predicted octanol–water partition coefficient (Wildman–Crippen LogP) is 2.34. The van der Waals surface area contributed by atoms with Crippen LogP contribution in [0.3, 0.4) is 0 Å². The lowest BCUT2D eigenvalue weighted by molar-refractivity contribution is 1.79. The summed E-state index contributed by atoms with van der Waals surface area (Å²) in [6.45, 7) is 5.57. The first kappa shape index (κ1) is 5.91. The third-order valence-corrected chi connectivity index (χ3v) is 1.14. The molecule has 0 rings (SSSR count). The zero-order chi connectivity index (χ0) is 4.83. The molecule has 0 aromatic heterocycles. The number of allylic oxidation sites excluding steroid dienone is 1. The fraction of sp³-hybridized carbons (Fsp3) is 0.200. The lowest BCUT2D eigenvalue weighted by Gasteiger charge is -1.70. The smallest absolute Gasteiger partial charge is 0.0466 e. The first-order chi connectivity index (χ1) is 2.91. The second kappa shape index (κ2) is 4.91. The van der Waals surface area contributed by atoms with Crippen molar-refractivity contribution >= 4 is 8.58 Å². The van der Waals surface area contributed by atoms with Gasteiger partial charge in [-0.05, 0) is 6.92 Å². The van der Waals surface area contributed by atoms with Crippen LogP contribution in [0.2, 0.25) is 0 Å². The fourth-order valence-corrected chi connectivity index (χ4v) is 0.493. The molecule has 0 nitrogen and oxygen atoms in total. The second-order valence-electron chi connectivity index (χ2n) is 0.871. The standard InChI is InChI=1S/C5H9P/c1-3-5-6-4-2/h3-6H,2H2,1H3. The second-order valence-corrected chi connectivity index (χ2v) is 1.95. The van der Waals surface area contributed by atoms with Gasteiger partial charge in [0.05, 0.1) is 0 Å². The van der Waals surface area contributed by atoms with E-state index in [0.717, 1.165) is 8.58 Å². The maximum atomic E-state index is 3.56. The van der Waals surface area contributed by atoms with Crippen molar-refractivity contribution in [3.8, 4) is 0 Å². The molecule has 0 bridgehead atoms. The maximum Gasteiger partial charge on any atom is -0.0466 e. The molecule has 0 fully saturated rings. The Kier molecular flexibility index (Phi) is 4.84. The van der Waals surface area contributed by atoms with Gasteiger partial charge in [0.25, 0.3) is 0 Å². The van der Waals surface area contributed by atoms with E-state index in [2.05, 4.69) is 12.4 Å². The molecular weight excluding hydrogens is 91.0 g/mol. The molecule has 1 atom stereocenters. The molecule has 0 spiro atoms. The molecule has 0 N–H and O–H groups in total. The summed E-state index contributed by atoms with van der Waals surface area (Å²) in [7, 11) is 0.798. The van der Waals surface area contributed by atoms with E-state index in [4.69, 9.17) is 0 Å². The molecule has 6 heavy (non-hydrogen) atoms. The number of rotatable bonds is 2. The van der Waals surface area contributed by atoms with Gasteiger partial charge >= 0.3 is 0 Å². The molecule has 1 heteroatoms. The Bertz CT molecular complexity index is 55.0. The van der Waals surface area contributed by atoms with Crippen LogP contribution in [0.1, 0.15) is 6.92 Å². The lowest BCUT2D eigenvalue weighted by atomic mass is 10.8. The Balaban J connectivity index is 2.85. The van der Waals surface area contributed by atoms with Crippen molar-refractivity contribution in [2.75, 3.05) is 0 Å². The monoisotopic (exact) mass is 100 g/mol. The predicted molar refractivity (Wildman–Crippen MR) is 33.3 cm³/mol. The Morgan fingerprint density at radius 3 is 2.50 bits per heavy atom. The third-order valence-electron chi connectivity index (χ3n) is 0.381. The van der Waals surface area contributed by atoms with Crippen LogP contribution in [-0.4, -0.2) is 0 Å². The van der Waals surface area contributed by atoms with Crippen LogP contribution in [0.4, 0.5) is 0 Å². The average molecular weight is 100 g/mol. The maximum absolute atomic E-state index is 3.56. The number of hydrogen-bond acceptors (Lipinski definition) is 0. The fourth-order valence-electron chi connectivity index (χ4n) is 0.164. The summed E-state index contributed by atoms with van der Waals surface area (Å²) in [5.41, 5.74) is 0. The van der Waals surface area contributed by atoms with Gasteiger partial charge in [0, 0.05) is 0 Å². The van der Waals surface area contributed by atoms with Crippen molar-refractivity contribution in [3.05, 3.63) is 24.3 Å². The van der Waals surface area contributed by atoms with E-state index in [0.29, 0.717) is 0 Å². The van der Waals surface area contributed by atoms with E-state index < -0.39 is 0 Å². The Hall–Kier alpha value is -0.0900. The van der Waals surface area contributed by atoms with Gasteiger partial charge < -0.3 is 0 Å². The van der Waals surface area contributed by atoms with E-state index in [-0.39, 0.29) is 0 Å². The summed E-state index contributed by atoms with van der Waals surface area (Å²) >= 11 is 0. The molecule has 34 valence electrons. The zero-order valence-electron chi connectivity index (χ0n) is 3.94. The highest BCUT2D eigenvalue weighted by Gasteiger charge is 1.56. The minimum atomic E-state index is 0.798. The van der Waals surface area contributed by atoms with Gasteiger partial charge in [0.15, 0.2) is 0 Å². The van der Waals surface area contributed by atoms with Crippen LogP contribution < -0.4 is 0 Å². The Morgan fingerprint density at radius 2 is 2.33 bits per heavy atom. The Labute approximate surface area is 40.7 Å². The summed E-state index contributed by atoms with van der Waals surface area (Å²) in [4.78, 5) is 0. The van der Waals surface area contributed by atoms with Gasteiger partial charge in [-0.3, -0.25) is 0 Å². The summed E-state index contributed by atoms with van der Waals surface area (Å²) in [6.07, 6.45) is 2.03. The SMILES string of the molecule is C=CPC=CC. The Morgan fingerprint density at radius 1 is 1.67 bits per heavy atom. The molecular formula is C5H9P. The molecule has 0 saturated heterocycles. The molecule has 0 aliphatic carbocycles. The van der Waals surface area contributed by atoms with Crippen LogP contribution in [0.5, 0.6) is 0 Å².